The number of piperidine rings is 1. The van der Waals surface area contributed by atoms with Crippen LogP contribution in [0.5, 0.6) is 0 Å². The first-order chi connectivity index (χ1) is 9.45. The maximum atomic E-state index is 12.5. The zero-order chi connectivity index (χ0) is 14.8. The van der Waals surface area contributed by atoms with Gasteiger partial charge in [-0.3, -0.25) is 0 Å². The third-order valence-corrected chi connectivity index (χ3v) is 5.29. The molecule has 0 saturated carbocycles. The van der Waals surface area contributed by atoms with Gasteiger partial charge in [-0.2, -0.15) is 4.31 Å². The van der Waals surface area contributed by atoms with Crippen molar-refractivity contribution in [1.82, 2.24) is 4.31 Å². The van der Waals surface area contributed by atoms with Crippen molar-refractivity contribution in [2.45, 2.75) is 23.8 Å². The fraction of sp³-hybridized carbons (Fsp3) is 0.462. The number of rotatable bonds is 4. The highest BCUT2D eigenvalue weighted by atomic mass is 32.2. The molecule has 6 nitrogen and oxygen atoms in total. The highest BCUT2D eigenvalue weighted by molar-refractivity contribution is 7.89. The van der Waals surface area contributed by atoms with Gasteiger partial charge in [0, 0.05) is 20.2 Å². The van der Waals surface area contributed by atoms with Crippen molar-refractivity contribution >= 4 is 16.0 Å². The molecule has 0 amide bonds. The average molecular weight is 299 g/mol. The molecule has 1 aliphatic heterocycles. The Labute approximate surface area is 118 Å². The van der Waals surface area contributed by atoms with Crippen molar-refractivity contribution in [3.8, 4) is 0 Å². The molecule has 1 aliphatic rings. The molecule has 0 spiro atoms. The Hall–Kier alpha value is -1.44. The van der Waals surface area contributed by atoms with Crippen molar-refractivity contribution < 1.29 is 23.1 Å². The van der Waals surface area contributed by atoms with E-state index < -0.39 is 16.0 Å². The van der Waals surface area contributed by atoms with Crippen LogP contribution in [-0.4, -0.2) is 50.1 Å². The number of aromatic carboxylic acids is 1. The molecule has 1 fully saturated rings. The molecule has 2 rings (SSSR count). The van der Waals surface area contributed by atoms with E-state index in [0.29, 0.717) is 13.1 Å². The molecule has 1 atom stereocenters. The molecule has 1 aromatic rings. The highest BCUT2D eigenvalue weighted by Gasteiger charge is 2.30. The lowest BCUT2D eigenvalue weighted by molar-refractivity contribution is 0.0572. The van der Waals surface area contributed by atoms with E-state index in [9.17, 15) is 13.2 Å². The lowest BCUT2D eigenvalue weighted by Crippen LogP contribution is -2.42. The summed E-state index contributed by atoms with van der Waals surface area (Å²) in [7, 11) is -2.02. The van der Waals surface area contributed by atoms with Gasteiger partial charge in [-0.05, 0) is 37.1 Å². The Morgan fingerprint density at radius 3 is 2.55 bits per heavy atom. The smallest absolute Gasteiger partial charge is 0.335 e. The lowest BCUT2D eigenvalue weighted by atomic mass is 10.1. The van der Waals surface area contributed by atoms with Crippen LogP contribution < -0.4 is 0 Å². The monoisotopic (exact) mass is 299 g/mol. The molecular formula is C13H17NO5S. The minimum atomic E-state index is -3.59. The molecule has 1 saturated heterocycles. The Bertz CT molecular complexity index is 581. The highest BCUT2D eigenvalue weighted by Crippen LogP contribution is 2.22. The van der Waals surface area contributed by atoms with Gasteiger partial charge in [0.2, 0.25) is 10.0 Å². The summed E-state index contributed by atoms with van der Waals surface area (Å²) in [5.41, 5.74) is 0.0670. The Morgan fingerprint density at radius 2 is 2.00 bits per heavy atom. The van der Waals surface area contributed by atoms with Crippen molar-refractivity contribution in [2.24, 2.45) is 0 Å². The number of methoxy groups -OCH3 is 1. The molecule has 0 radical (unpaired) electrons. The Balaban J connectivity index is 2.23. The number of nitrogens with zero attached hydrogens (tertiary/aromatic N) is 1. The number of carbonyl (C=O) groups is 1. The second kappa shape index (κ2) is 5.90. The standard InChI is InChI=1S/C13H17NO5S/c1-19-11-3-2-8-14(9-11)20(17,18)12-6-4-10(5-7-12)13(15)16/h4-7,11H,2-3,8-9H2,1H3,(H,15,16). The molecule has 1 heterocycles. The van der Waals surface area contributed by atoms with Gasteiger partial charge in [0.15, 0.2) is 0 Å². The van der Waals surface area contributed by atoms with E-state index in [0.717, 1.165) is 12.8 Å². The van der Waals surface area contributed by atoms with Gasteiger partial charge in [0.1, 0.15) is 0 Å². The summed E-state index contributed by atoms with van der Waals surface area (Å²) in [5, 5.41) is 8.82. The SMILES string of the molecule is COC1CCCN(S(=O)(=O)c2ccc(C(=O)O)cc2)C1. The summed E-state index contributed by atoms with van der Waals surface area (Å²) < 4.78 is 31.5. The summed E-state index contributed by atoms with van der Waals surface area (Å²) in [6.07, 6.45) is 1.52. The Kier molecular flexibility index (Phi) is 4.42. The molecule has 1 N–H and O–H groups in total. The first-order valence-electron chi connectivity index (χ1n) is 6.31. The van der Waals surface area contributed by atoms with E-state index >= 15 is 0 Å². The van der Waals surface area contributed by atoms with Gasteiger partial charge >= 0.3 is 5.97 Å². The van der Waals surface area contributed by atoms with E-state index in [1.165, 1.54) is 28.6 Å². The van der Waals surface area contributed by atoms with E-state index in [4.69, 9.17) is 9.84 Å². The van der Waals surface area contributed by atoms with Gasteiger partial charge in [-0.15, -0.1) is 0 Å². The molecule has 0 aromatic heterocycles. The second-order valence-electron chi connectivity index (χ2n) is 4.69. The minimum Gasteiger partial charge on any atom is -0.478 e. The number of hydrogen-bond donors (Lipinski definition) is 1. The number of hydrogen-bond acceptors (Lipinski definition) is 4. The molecule has 0 bridgehead atoms. The first kappa shape index (κ1) is 15.0. The predicted octanol–water partition coefficient (Wildman–Crippen LogP) is 1.18. The van der Waals surface area contributed by atoms with Crippen LogP contribution in [0.25, 0.3) is 0 Å². The third kappa shape index (κ3) is 3.00. The van der Waals surface area contributed by atoms with Crippen molar-refractivity contribution in [1.29, 1.82) is 0 Å². The van der Waals surface area contributed by atoms with Crippen molar-refractivity contribution in [3.63, 3.8) is 0 Å². The van der Waals surface area contributed by atoms with Gasteiger partial charge in [0.05, 0.1) is 16.6 Å². The second-order valence-corrected chi connectivity index (χ2v) is 6.63. The molecule has 110 valence electrons. The molecular weight excluding hydrogens is 282 g/mol. The van der Waals surface area contributed by atoms with Crippen LogP contribution in [0.15, 0.2) is 29.2 Å². The summed E-state index contributed by atoms with van der Waals surface area (Å²) in [5.74, 6) is -1.08. The van der Waals surface area contributed by atoms with Crippen LogP contribution in [0.3, 0.4) is 0 Å². The summed E-state index contributed by atoms with van der Waals surface area (Å²) in [6.45, 7) is 0.794. The topological polar surface area (TPSA) is 83.9 Å². The summed E-state index contributed by atoms with van der Waals surface area (Å²) in [6, 6.07) is 5.25. The minimum absolute atomic E-state index is 0.0670. The van der Waals surface area contributed by atoms with E-state index in [1.807, 2.05) is 0 Å². The molecule has 1 unspecified atom stereocenters. The normalized spacial score (nSPS) is 20.8. The van der Waals surface area contributed by atoms with Crippen LogP contribution >= 0.6 is 0 Å². The van der Waals surface area contributed by atoms with Crippen LogP contribution in [0, 0.1) is 0 Å². The average Bonchev–Trinajstić information content (AvgIpc) is 2.47. The predicted molar refractivity (Wildman–Crippen MR) is 72.2 cm³/mol. The molecule has 1 aromatic carbocycles. The van der Waals surface area contributed by atoms with Crippen LogP contribution in [-0.2, 0) is 14.8 Å². The van der Waals surface area contributed by atoms with Crippen LogP contribution in [0.4, 0.5) is 0 Å². The van der Waals surface area contributed by atoms with E-state index in [2.05, 4.69) is 0 Å². The fourth-order valence-corrected chi connectivity index (χ4v) is 3.74. The first-order valence-corrected chi connectivity index (χ1v) is 7.75. The van der Waals surface area contributed by atoms with Gasteiger partial charge in [-0.1, -0.05) is 0 Å². The quantitative estimate of drug-likeness (QED) is 0.902. The molecule has 20 heavy (non-hydrogen) atoms. The number of benzene rings is 1. The molecule has 0 aliphatic carbocycles. The third-order valence-electron chi connectivity index (χ3n) is 3.41. The largest absolute Gasteiger partial charge is 0.478 e. The summed E-state index contributed by atoms with van der Waals surface area (Å²) in [4.78, 5) is 10.9. The zero-order valence-corrected chi connectivity index (χ0v) is 12.0. The van der Waals surface area contributed by atoms with E-state index in [-0.39, 0.29) is 16.6 Å². The zero-order valence-electron chi connectivity index (χ0n) is 11.2. The number of carboxylic acids is 1. The summed E-state index contributed by atoms with van der Waals surface area (Å²) >= 11 is 0. The maximum absolute atomic E-state index is 12.5. The fourth-order valence-electron chi connectivity index (χ4n) is 2.23. The maximum Gasteiger partial charge on any atom is 0.335 e. The van der Waals surface area contributed by atoms with Crippen LogP contribution in [0.2, 0.25) is 0 Å². The van der Waals surface area contributed by atoms with Gasteiger partial charge in [0.25, 0.3) is 0 Å². The van der Waals surface area contributed by atoms with Gasteiger partial charge in [-0.25, -0.2) is 13.2 Å². The van der Waals surface area contributed by atoms with Crippen molar-refractivity contribution in [3.05, 3.63) is 29.8 Å². The van der Waals surface area contributed by atoms with Crippen LogP contribution in [0.1, 0.15) is 23.2 Å². The lowest BCUT2D eigenvalue weighted by Gasteiger charge is -2.31. The number of sulfonamides is 1. The van der Waals surface area contributed by atoms with Crippen molar-refractivity contribution in [2.75, 3.05) is 20.2 Å². The Morgan fingerprint density at radius 1 is 1.35 bits per heavy atom. The van der Waals surface area contributed by atoms with E-state index in [1.54, 1.807) is 7.11 Å². The molecule has 7 heteroatoms. The number of ether oxygens (including phenoxy) is 1. The van der Waals surface area contributed by atoms with Gasteiger partial charge < -0.3 is 9.84 Å². The number of carboxylic acid groups (broad SMARTS) is 1.